The minimum Gasteiger partial charge on any atom is -0.354 e. The van der Waals surface area contributed by atoms with Crippen molar-refractivity contribution in [3.8, 4) is 0 Å². The Kier molecular flexibility index (Phi) is 3.61. The first-order valence-corrected chi connectivity index (χ1v) is 7.46. The number of amides is 1. The first-order valence-electron chi connectivity index (χ1n) is 6.65. The van der Waals surface area contributed by atoms with Crippen LogP contribution < -0.4 is 5.32 Å². The predicted octanol–water partition coefficient (Wildman–Crippen LogP) is 3.44. The molecular weight excluding hydrogens is 297 g/mol. The third-order valence-electron chi connectivity index (χ3n) is 3.65. The summed E-state index contributed by atoms with van der Waals surface area (Å²) >= 11 is 12.6. The van der Waals surface area contributed by atoms with E-state index in [2.05, 4.69) is 14.9 Å². The van der Waals surface area contributed by atoms with Crippen LogP contribution in [-0.2, 0) is 4.79 Å². The summed E-state index contributed by atoms with van der Waals surface area (Å²) < 4.78 is 2.09. The molecule has 106 valence electrons. The smallest absolute Gasteiger partial charge is 0.220 e. The van der Waals surface area contributed by atoms with Gasteiger partial charge < -0.3 is 9.88 Å². The van der Waals surface area contributed by atoms with Crippen molar-refractivity contribution in [2.24, 2.45) is 0 Å². The Balaban J connectivity index is 2.16. The van der Waals surface area contributed by atoms with Gasteiger partial charge in [-0.15, -0.1) is 11.6 Å². The summed E-state index contributed by atoms with van der Waals surface area (Å²) in [4.78, 5) is 15.9. The topological polar surface area (TPSA) is 46.9 Å². The summed E-state index contributed by atoms with van der Waals surface area (Å²) in [7, 11) is 0. The van der Waals surface area contributed by atoms with Crippen molar-refractivity contribution >= 4 is 40.1 Å². The number of hydrogen-bond donors (Lipinski definition) is 1. The first kappa shape index (κ1) is 13.7. The molecule has 2 aromatic rings. The molecular formula is C14H15Cl2N3O. The van der Waals surface area contributed by atoms with Gasteiger partial charge >= 0.3 is 0 Å². The van der Waals surface area contributed by atoms with E-state index in [0.29, 0.717) is 18.0 Å². The molecule has 1 amide bonds. The number of carbonyl (C=O) groups excluding carboxylic acids is 1. The quantitative estimate of drug-likeness (QED) is 0.864. The number of halogens is 2. The van der Waals surface area contributed by atoms with Crippen LogP contribution in [0.25, 0.3) is 11.0 Å². The van der Waals surface area contributed by atoms with E-state index in [1.807, 2.05) is 25.1 Å². The summed E-state index contributed by atoms with van der Waals surface area (Å²) in [5.74, 6) is 0.896. The molecule has 2 heterocycles. The van der Waals surface area contributed by atoms with Gasteiger partial charge in [0.1, 0.15) is 5.82 Å². The van der Waals surface area contributed by atoms with Crippen LogP contribution in [0.15, 0.2) is 18.2 Å². The normalized spacial score (nSPS) is 20.9. The lowest BCUT2D eigenvalue weighted by molar-refractivity contribution is -0.122. The number of nitrogens with one attached hydrogen (secondary N) is 1. The lowest BCUT2D eigenvalue weighted by Gasteiger charge is -2.26. The molecule has 1 aliphatic heterocycles. The number of benzene rings is 1. The van der Waals surface area contributed by atoms with E-state index >= 15 is 0 Å². The summed E-state index contributed by atoms with van der Waals surface area (Å²) in [5.41, 5.74) is 1.75. The number of nitrogens with zero attached hydrogens (tertiary/aromatic N) is 2. The lowest BCUT2D eigenvalue weighted by atomic mass is 10.1. The second kappa shape index (κ2) is 5.26. The number of fused-ring (bicyclic) bond motifs is 1. The molecule has 1 aromatic heterocycles. The average molecular weight is 312 g/mol. The van der Waals surface area contributed by atoms with E-state index in [0.717, 1.165) is 23.3 Å². The van der Waals surface area contributed by atoms with Crippen LogP contribution in [0.1, 0.15) is 37.0 Å². The number of hydrogen-bond acceptors (Lipinski definition) is 2. The number of carbonyl (C=O) groups is 1. The van der Waals surface area contributed by atoms with Crippen molar-refractivity contribution in [3.63, 3.8) is 0 Å². The maximum atomic E-state index is 11.3. The van der Waals surface area contributed by atoms with Crippen LogP contribution in [-0.4, -0.2) is 22.0 Å². The predicted molar refractivity (Wildman–Crippen MR) is 80.3 cm³/mol. The average Bonchev–Trinajstić information content (AvgIpc) is 2.81. The molecule has 1 saturated heterocycles. The Morgan fingerprint density at radius 2 is 2.30 bits per heavy atom. The number of aromatic nitrogens is 2. The van der Waals surface area contributed by atoms with E-state index in [1.54, 1.807) is 0 Å². The van der Waals surface area contributed by atoms with E-state index in [4.69, 9.17) is 23.2 Å². The fourth-order valence-electron chi connectivity index (χ4n) is 2.71. The molecule has 1 N–H and O–H groups in total. The monoisotopic (exact) mass is 311 g/mol. The number of alkyl halides is 1. The zero-order valence-corrected chi connectivity index (χ0v) is 12.6. The van der Waals surface area contributed by atoms with Gasteiger partial charge in [-0.1, -0.05) is 17.7 Å². The van der Waals surface area contributed by atoms with Crippen LogP contribution >= 0.6 is 23.2 Å². The Bertz CT molecular complexity index is 656. The minimum atomic E-state index is -0.212. The first-order chi connectivity index (χ1) is 9.58. The molecule has 0 aliphatic carbocycles. The lowest BCUT2D eigenvalue weighted by Crippen LogP contribution is -2.36. The van der Waals surface area contributed by atoms with Crippen LogP contribution in [0.4, 0.5) is 0 Å². The van der Waals surface area contributed by atoms with Crippen LogP contribution in [0.3, 0.4) is 0 Å². The molecule has 1 aliphatic rings. The largest absolute Gasteiger partial charge is 0.354 e. The third-order valence-corrected chi connectivity index (χ3v) is 4.15. The highest BCUT2D eigenvalue weighted by Gasteiger charge is 2.26. The molecule has 2 unspecified atom stereocenters. The van der Waals surface area contributed by atoms with Crippen molar-refractivity contribution in [1.29, 1.82) is 0 Å². The molecule has 1 aromatic carbocycles. The fraction of sp³-hybridized carbons (Fsp3) is 0.429. The Morgan fingerprint density at radius 3 is 2.95 bits per heavy atom. The number of piperidine rings is 1. The van der Waals surface area contributed by atoms with Gasteiger partial charge in [0.2, 0.25) is 5.91 Å². The van der Waals surface area contributed by atoms with Gasteiger partial charge in [-0.2, -0.15) is 0 Å². The molecule has 0 bridgehead atoms. The summed E-state index contributed by atoms with van der Waals surface area (Å²) in [6, 6.07) is 5.82. The standard InChI is InChI=1S/C14H15Cl2N3O/c1-8(15)14-18-11-4-2-3-10(16)13(11)19(14)9-5-6-12(20)17-7-9/h2-4,8-9H,5-7H2,1H3,(H,17,20). The summed E-state index contributed by atoms with van der Waals surface area (Å²) in [6.07, 6.45) is 1.30. The molecule has 3 rings (SSSR count). The molecule has 0 spiro atoms. The van der Waals surface area contributed by atoms with Gasteiger partial charge in [0.15, 0.2) is 0 Å². The fourth-order valence-corrected chi connectivity index (χ4v) is 3.13. The molecule has 20 heavy (non-hydrogen) atoms. The number of imidazole rings is 1. The third kappa shape index (κ3) is 2.27. The zero-order valence-electron chi connectivity index (χ0n) is 11.1. The molecule has 6 heteroatoms. The van der Waals surface area contributed by atoms with Crippen LogP contribution in [0.2, 0.25) is 5.02 Å². The molecule has 0 radical (unpaired) electrons. The van der Waals surface area contributed by atoms with Gasteiger partial charge in [0.25, 0.3) is 0 Å². The molecule has 4 nitrogen and oxygen atoms in total. The highest BCUT2D eigenvalue weighted by molar-refractivity contribution is 6.35. The van der Waals surface area contributed by atoms with Crippen molar-refractivity contribution < 1.29 is 4.79 Å². The van der Waals surface area contributed by atoms with Crippen molar-refractivity contribution in [1.82, 2.24) is 14.9 Å². The highest BCUT2D eigenvalue weighted by Crippen LogP contribution is 2.34. The zero-order chi connectivity index (χ0) is 14.3. The Labute approximate surface area is 127 Å². The number of rotatable bonds is 2. The van der Waals surface area contributed by atoms with E-state index in [-0.39, 0.29) is 17.3 Å². The highest BCUT2D eigenvalue weighted by atomic mass is 35.5. The second-order valence-electron chi connectivity index (χ2n) is 5.06. The van der Waals surface area contributed by atoms with Gasteiger partial charge in [0.05, 0.1) is 27.5 Å². The summed E-state index contributed by atoms with van der Waals surface area (Å²) in [6.45, 7) is 2.49. The minimum absolute atomic E-state index is 0.0947. The van der Waals surface area contributed by atoms with E-state index < -0.39 is 0 Å². The van der Waals surface area contributed by atoms with Crippen LogP contribution in [0, 0.1) is 0 Å². The molecule has 2 atom stereocenters. The SMILES string of the molecule is CC(Cl)c1nc2cccc(Cl)c2n1C1CCC(=O)NC1. The molecule has 0 saturated carbocycles. The second-order valence-corrected chi connectivity index (χ2v) is 6.12. The maximum Gasteiger partial charge on any atom is 0.220 e. The van der Waals surface area contributed by atoms with Crippen molar-refractivity contribution in [2.75, 3.05) is 6.54 Å². The maximum absolute atomic E-state index is 11.3. The van der Waals surface area contributed by atoms with E-state index in [1.165, 1.54) is 0 Å². The van der Waals surface area contributed by atoms with E-state index in [9.17, 15) is 4.79 Å². The van der Waals surface area contributed by atoms with Crippen molar-refractivity contribution in [3.05, 3.63) is 29.0 Å². The van der Waals surface area contributed by atoms with Gasteiger partial charge in [-0.05, 0) is 25.5 Å². The number of para-hydroxylation sites is 1. The van der Waals surface area contributed by atoms with Crippen molar-refractivity contribution in [2.45, 2.75) is 31.2 Å². The Hall–Kier alpha value is -1.26. The Morgan fingerprint density at radius 1 is 1.50 bits per heavy atom. The summed E-state index contributed by atoms with van der Waals surface area (Å²) in [5, 5.41) is 3.35. The van der Waals surface area contributed by atoms with Gasteiger partial charge in [-0.25, -0.2) is 4.98 Å². The van der Waals surface area contributed by atoms with Gasteiger partial charge in [0, 0.05) is 13.0 Å². The molecule has 1 fully saturated rings. The van der Waals surface area contributed by atoms with Gasteiger partial charge in [-0.3, -0.25) is 4.79 Å². The van der Waals surface area contributed by atoms with Crippen LogP contribution in [0.5, 0.6) is 0 Å².